The maximum atomic E-state index is 12.1. The van der Waals surface area contributed by atoms with Gasteiger partial charge >= 0.3 is 6.03 Å². The fourth-order valence-electron chi connectivity index (χ4n) is 3.13. The van der Waals surface area contributed by atoms with E-state index in [0.717, 1.165) is 29.8 Å². The monoisotopic (exact) mass is 431 g/mol. The topological polar surface area (TPSA) is 99.6 Å². The number of aromatic nitrogens is 3. The van der Waals surface area contributed by atoms with Crippen molar-refractivity contribution in [2.24, 2.45) is 5.10 Å². The second kappa shape index (κ2) is 9.80. The van der Waals surface area contributed by atoms with Crippen molar-refractivity contribution < 1.29 is 9.53 Å². The third kappa shape index (κ3) is 5.32. The summed E-state index contributed by atoms with van der Waals surface area (Å²) in [6, 6.07) is 14.3. The number of benzene rings is 1. The van der Waals surface area contributed by atoms with Gasteiger partial charge < -0.3 is 24.5 Å². The predicted octanol–water partition coefficient (Wildman–Crippen LogP) is 3.87. The van der Waals surface area contributed by atoms with E-state index in [1.54, 1.807) is 36.7 Å². The number of carbonyl (C=O) groups excluding carboxylic acids is 1. The highest BCUT2D eigenvalue weighted by molar-refractivity contribution is 5.90. The summed E-state index contributed by atoms with van der Waals surface area (Å²) in [5.41, 5.74) is 4.80. The van der Waals surface area contributed by atoms with Crippen LogP contribution in [0, 0.1) is 0 Å². The summed E-state index contributed by atoms with van der Waals surface area (Å²) < 4.78 is 8.02. The summed E-state index contributed by atoms with van der Waals surface area (Å²) in [5.74, 6) is 1.36. The van der Waals surface area contributed by atoms with Gasteiger partial charge in [0.05, 0.1) is 17.3 Å². The Balaban J connectivity index is 1.30. The molecule has 3 N–H and O–H groups in total. The molecule has 0 bridgehead atoms. The van der Waals surface area contributed by atoms with E-state index in [4.69, 9.17) is 4.74 Å². The van der Waals surface area contributed by atoms with E-state index in [0.29, 0.717) is 17.2 Å². The van der Waals surface area contributed by atoms with Crippen LogP contribution >= 0.6 is 0 Å². The Kier molecular flexibility index (Phi) is 6.47. The molecule has 0 unspecified atom stereocenters. The van der Waals surface area contributed by atoms with Crippen LogP contribution in [0.4, 0.5) is 10.5 Å². The molecule has 0 fully saturated rings. The van der Waals surface area contributed by atoms with Crippen LogP contribution in [-0.2, 0) is 6.54 Å². The summed E-state index contributed by atoms with van der Waals surface area (Å²) in [5, 5.41) is 7.69. The number of pyridine rings is 1. The zero-order valence-corrected chi connectivity index (χ0v) is 17.9. The number of ether oxygens (including phenoxy) is 1. The first-order chi connectivity index (χ1) is 15.6. The molecule has 3 aromatic heterocycles. The zero-order valence-electron chi connectivity index (χ0n) is 17.9. The van der Waals surface area contributed by atoms with Crippen LogP contribution in [0.3, 0.4) is 0 Å². The highest BCUT2D eigenvalue weighted by Crippen LogP contribution is 2.28. The normalized spacial score (nSPS) is 11.3. The third-order valence-corrected chi connectivity index (χ3v) is 4.78. The van der Waals surface area contributed by atoms with Crippen molar-refractivity contribution >= 4 is 29.0 Å². The van der Waals surface area contributed by atoms with Gasteiger partial charge in [-0.1, -0.05) is 0 Å². The summed E-state index contributed by atoms with van der Waals surface area (Å²) in [6.07, 6.45) is 7.12. The number of hydrazone groups is 1. The standard InChI is InChI=1S/C23H25N7O2/c1-29(2)14-15-30-13-3-4-18(30)16-26-28-23(31)27-17-5-7-19(8-6-17)32-21-10-12-25-22-20(21)9-11-24-22/h3-13,16H,14-15H2,1-2H3,(H,24,25)(H2,27,28,31)/b26-16+. The molecule has 32 heavy (non-hydrogen) atoms. The van der Waals surface area contributed by atoms with Crippen LogP contribution in [0.15, 0.2) is 72.2 Å². The maximum absolute atomic E-state index is 12.1. The van der Waals surface area contributed by atoms with E-state index < -0.39 is 6.03 Å². The van der Waals surface area contributed by atoms with Gasteiger partial charge in [0.2, 0.25) is 0 Å². The fraction of sp³-hybridized carbons (Fsp3) is 0.174. The van der Waals surface area contributed by atoms with Gasteiger partial charge in [-0.05, 0) is 62.6 Å². The quantitative estimate of drug-likeness (QED) is 0.291. The first-order valence-electron chi connectivity index (χ1n) is 10.2. The van der Waals surface area contributed by atoms with E-state index in [1.165, 1.54) is 0 Å². The molecular weight excluding hydrogens is 406 g/mol. The zero-order chi connectivity index (χ0) is 22.3. The Morgan fingerprint density at radius 1 is 1.22 bits per heavy atom. The van der Waals surface area contributed by atoms with Crippen molar-refractivity contribution in [3.8, 4) is 11.5 Å². The molecule has 164 valence electrons. The van der Waals surface area contributed by atoms with Crippen molar-refractivity contribution in [3.63, 3.8) is 0 Å². The van der Waals surface area contributed by atoms with Gasteiger partial charge in [-0.25, -0.2) is 15.2 Å². The molecule has 0 saturated heterocycles. The molecule has 9 heteroatoms. The number of fused-ring (bicyclic) bond motifs is 1. The van der Waals surface area contributed by atoms with Crippen molar-refractivity contribution in [2.75, 3.05) is 26.0 Å². The number of nitrogens with zero attached hydrogens (tertiary/aromatic N) is 4. The fourth-order valence-corrected chi connectivity index (χ4v) is 3.13. The third-order valence-electron chi connectivity index (χ3n) is 4.78. The van der Waals surface area contributed by atoms with Crippen LogP contribution < -0.4 is 15.5 Å². The molecular formula is C23H25N7O2. The number of urea groups is 1. The summed E-state index contributed by atoms with van der Waals surface area (Å²) in [7, 11) is 4.06. The van der Waals surface area contributed by atoms with Crippen LogP contribution in [0.5, 0.6) is 11.5 Å². The van der Waals surface area contributed by atoms with Gasteiger partial charge in [0.1, 0.15) is 17.1 Å². The lowest BCUT2D eigenvalue weighted by atomic mass is 10.3. The lowest BCUT2D eigenvalue weighted by molar-refractivity contribution is 0.252. The molecule has 0 radical (unpaired) electrons. The van der Waals surface area contributed by atoms with Crippen molar-refractivity contribution in [3.05, 3.63) is 72.8 Å². The molecule has 0 saturated carbocycles. The second-order valence-electron chi connectivity index (χ2n) is 7.43. The number of hydrogen-bond acceptors (Lipinski definition) is 5. The number of likely N-dealkylation sites (N-methyl/N-ethyl adjacent to an activating group) is 1. The minimum absolute atomic E-state index is 0.426. The Hall–Kier alpha value is -4.11. The number of rotatable bonds is 8. The van der Waals surface area contributed by atoms with Gasteiger partial charge in [-0.3, -0.25) is 0 Å². The van der Waals surface area contributed by atoms with Crippen molar-refractivity contribution in [1.29, 1.82) is 0 Å². The number of H-pyrrole nitrogens is 1. The largest absolute Gasteiger partial charge is 0.457 e. The molecule has 3 heterocycles. The average molecular weight is 432 g/mol. The molecule has 0 aliphatic rings. The number of aromatic amines is 1. The number of amides is 2. The first kappa shape index (κ1) is 21.1. The van der Waals surface area contributed by atoms with Crippen LogP contribution in [0.25, 0.3) is 11.0 Å². The average Bonchev–Trinajstić information content (AvgIpc) is 3.43. The van der Waals surface area contributed by atoms with E-state index in [-0.39, 0.29) is 0 Å². The van der Waals surface area contributed by atoms with E-state index in [1.807, 2.05) is 50.8 Å². The first-order valence-corrected chi connectivity index (χ1v) is 10.2. The van der Waals surface area contributed by atoms with Crippen molar-refractivity contribution in [2.45, 2.75) is 6.54 Å². The molecule has 0 aliphatic carbocycles. The molecule has 0 atom stereocenters. The van der Waals surface area contributed by atoms with Gasteiger partial charge in [0.15, 0.2) is 0 Å². The second-order valence-corrected chi connectivity index (χ2v) is 7.43. The molecule has 4 rings (SSSR count). The molecule has 4 aromatic rings. The number of carbonyl (C=O) groups is 1. The lowest BCUT2D eigenvalue weighted by Gasteiger charge is -2.11. The van der Waals surface area contributed by atoms with E-state index in [9.17, 15) is 4.79 Å². The lowest BCUT2D eigenvalue weighted by Crippen LogP contribution is -2.24. The van der Waals surface area contributed by atoms with Gasteiger partial charge in [-0.15, -0.1) is 0 Å². The molecule has 0 spiro atoms. The van der Waals surface area contributed by atoms with Crippen LogP contribution in [0.1, 0.15) is 5.69 Å². The summed E-state index contributed by atoms with van der Waals surface area (Å²) in [4.78, 5) is 21.6. The van der Waals surface area contributed by atoms with E-state index in [2.05, 4.69) is 35.3 Å². The smallest absolute Gasteiger partial charge is 0.339 e. The SMILES string of the molecule is CN(C)CCn1cccc1/C=N/NC(=O)Nc1ccc(Oc2ccnc3[nH]ccc23)cc1. The Morgan fingerprint density at radius 3 is 2.88 bits per heavy atom. The van der Waals surface area contributed by atoms with Crippen LogP contribution in [-0.4, -0.2) is 52.3 Å². The minimum Gasteiger partial charge on any atom is -0.457 e. The molecule has 9 nitrogen and oxygen atoms in total. The summed E-state index contributed by atoms with van der Waals surface area (Å²) in [6.45, 7) is 1.76. The number of hydrogen-bond donors (Lipinski definition) is 3. The molecule has 2 amide bonds. The van der Waals surface area contributed by atoms with Crippen molar-refractivity contribution in [1.82, 2.24) is 24.9 Å². The highest BCUT2D eigenvalue weighted by atomic mass is 16.5. The van der Waals surface area contributed by atoms with Gasteiger partial charge in [0, 0.05) is 37.4 Å². The molecule has 0 aliphatic heterocycles. The Bertz CT molecular complexity index is 1210. The minimum atomic E-state index is -0.426. The predicted molar refractivity (Wildman–Crippen MR) is 125 cm³/mol. The molecule has 1 aromatic carbocycles. The van der Waals surface area contributed by atoms with Gasteiger partial charge in [0.25, 0.3) is 0 Å². The number of nitrogens with one attached hydrogen (secondary N) is 3. The highest BCUT2D eigenvalue weighted by Gasteiger charge is 2.06. The van der Waals surface area contributed by atoms with Gasteiger partial charge in [-0.2, -0.15) is 5.10 Å². The summed E-state index contributed by atoms with van der Waals surface area (Å²) >= 11 is 0. The maximum Gasteiger partial charge on any atom is 0.339 e. The van der Waals surface area contributed by atoms with E-state index >= 15 is 0 Å². The number of anilines is 1. The Morgan fingerprint density at radius 2 is 2.06 bits per heavy atom. The Labute approximate surface area is 185 Å². The van der Waals surface area contributed by atoms with Crippen LogP contribution in [0.2, 0.25) is 0 Å².